The first-order chi connectivity index (χ1) is 4.38. The van der Waals surface area contributed by atoms with Crippen LogP contribution in [0.4, 0.5) is 0 Å². The zero-order valence-electron chi connectivity index (χ0n) is 4.52. The topological polar surface area (TPSA) is 77.0 Å². The van der Waals surface area contributed by atoms with E-state index in [1.54, 1.807) is 0 Å². The van der Waals surface area contributed by atoms with Gasteiger partial charge >= 0.3 is 0 Å². The van der Waals surface area contributed by atoms with Gasteiger partial charge in [-0.15, -0.1) is 0 Å². The molecule has 0 aromatic heterocycles. The van der Waals surface area contributed by atoms with Crippen molar-refractivity contribution in [1.82, 2.24) is 0 Å². The maximum atomic E-state index is 10.0. The number of carbonyl (C=O) groups excluding carboxylic acids is 1. The van der Waals surface area contributed by atoms with Gasteiger partial charge in [-0.05, 0) is 0 Å². The van der Waals surface area contributed by atoms with Gasteiger partial charge in [0.25, 0.3) is 0 Å². The van der Waals surface area contributed by atoms with Crippen LogP contribution in [0.25, 0.3) is 0 Å². The molecule has 2 N–H and O–H groups in total. The first-order valence-electron chi connectivity index (χ1n) is 2.29. The van der Waals surface area contributed by atoms with Crippen LogP contribution in [0.3, 0.4) is 0 Å². The second-order valence-corrected chi connectivity index (χ2v) is 1.41. The first kappa shape index (κ1) is 5.74. The predicted octanol–water partition coefficient (Wildman–Crippen LogP) is -1.12. The van der Waals surface area contributed by atoms with Gasteiger partial charge in [-0.1, -0.05) is 0 Å². The summed E-state index contributed by atoms with van der Waals surface area (Å²) in [6.45, 7) is 0. The van der Waals surface area contributed by atoms with E-state index < -0.39 is 6.10 Å². The highest BCUT2D eigenvalue weighted by molar-refractivity contribution is 6.05. The minimum Gasteiger partial charge on any atom is -0.464 e. The molecule has 1 atom stereocenters. The van der Waals surface area contributed by atoms with Gasteiger partial charge in [0, 0.05) is 0 Å². The largest absolute Gasteiger partial charge is 0.464 e. The normalized spacial score (nSPS) is 28.4. The third-order valence-corrected chi connectivity index (χ3v) is 0.903. The van der Waals surface area contributed by atoms with E-state index in [-0.39, 0.29) is 5.84 Å². The number of hydrazone groups is 1. The lowest BCUT2D eigenvalue weighted by atomic mass is 10.4. The van der Waals surface area contributed by atoms with Crippen molar-refractivity contribution in [3.05, 3.63) is 0 Å². The molecule has 9 heavy (non-hydrogen) atoms. The third kappa shape index (κ3) is 0.883. The molecule has 0 spiro atoms. The number of aldehydes is 1. The standard InChI is InChI=1S/C4H5N3O2/c5-7-4-3(1-8)9-2-6-4/h1-3H,5H2. The molecule has 0 radical (unpaired) electrons. The Kier molecular flexibility index (Phi) is 1.44. The van der Waals surface area contributed by atoms with Crippen molar-refractivity contribution in [2.24, 2.45) is 15.9 Å². The molecule has 0 aliphatic carbocycles. The Bertz CT molecular complexity index is 175. The van der Waals surface area contributed by atoms with Crippen LogP contribution in [0.2, 0.25) is 0 Å². The lowest BCUT2D eigenvalue weighted by molar-refractivity contribution is -0.111. The maximum Gasteiger partial charge on any atom is 0.216 e. The zero-order chi connectivity index (χ0) is 6.69. The van der Waals surface area contributed by atoms with Crippen molar-refractivity contribution in [2.75, 3.05) is 0 Å². The number of aliphatic imine (C=N–C) groups is 1. The smallest absolute Gasteiger partial charge is 0.216 e. The Labute approximate surface area is 51.2 Å². The van der Waals surface area contributed by atoms with E-state index in [2.05, 4.69) is 14.8 Å². The summed E-state index contributed by atoms with van der Waals surface area (Å²) in [7, 11) is 0. The van der Waals surface area contributed by atoms with Gasteiger partial charge in [0.1, 0.15) is 0 Å². The van der Waals surface area contributed by atoms with Gasteiger partial charge in [-0.25, -0.2) is 0 Å². The first-order valence-corrected chi connectivity index (χ1v) is 2.29. The number of rotatable bonds is 1. The highest BCUT2D eigenvalue weighted by Gasteiger charge is 2.19. The third-order valence-electron chi connectivity index (χ3n) is 0.903. The highest BCUT2D eigenvalue weighted by atomic mass is 16.5. The van der Waals surface area contributed by atoms with Gasteiger partial charge in [-0.2, -0.15) is 10.1 Å². The molecule has 5 heteroatoms. The van der Waals surface area contributed by atoms with Crippen LogP contribution in [-0.4, -0.2) is 24.6 Å². The number of carbonyl (C=O) groups is 1. The molecule has 1 aliphatic heterocycles. The summed E-state index contributed by atoms with van der Waals surface area (Å²) in [6.07, 6.45) is 1.03. The Balaban J connectivity index is 2.71. The average Bonchev–Trinajstić information content (AvgIpc) is 2.33. The Morgan fingerprint density at radius 2 is 2.78 bits per heavy atom. The van der Waals surface area contributed by atoms with Crippen LogP contribution in [0.1, 0.15) is 0 Å². The molecule has 0 aromatic rings. The molecule has 0 saturated carbocycles. The summed E-state index contributed by atoms with van der Waals surface area (Å²) >= 11 is 0. The minimum absolute atomic E-state index is 0.213. The van der Waals surface area contributed by atoms with Crippen molar-refractivity contribution in [3.8, 4) is 0 Å². The Hall–Kier alpha value is -1.39. The monoisotopic (exact) mass is 127 g/mol. The van der Waals surface area contributed by atoms with Crippen molar-refractivity contribution in [3.63, 3.8) is 0 Å². The van der Waals surface area contributed by atoms with Crippen LogP contribution in [0, 0.1) is 0 Å². The maximum absolute atomic E-state index is 10.0. The Morgan fingerprint density at radius 3 is 3.22 bits per heavy atom. The van der Waals surface area contributed by atoms with E-state index in [9.17, 15) is 4.79 Å². The van der Waals surface area contributed by atoms with Gasteiger partial charge in [0.05, 0.1) is 0 Å². The van der Waals surface area contributed by atoms with E-state index in [0.29, 0.717) is 6.29 Å². The lowest BCUT2D eigenvalue weighted by Crippen LogP contribution is -2.18. The van der Waals surface area contributed by atoms with Crippen molar-refractivity contribution >= 4 is 18.5 Å². The number of hydrogen-bond donors (Lipinski definition) is 1. The summed E-state index contributed by atoms with van der Waals surface area (Å²) < 4.78 is 4.64. The number of nitrogens with two attached hydrogens (primary N) is 1. The van der Waals surface area contributed by atoms with Crippen LogP contribution in [0.15, 0.2) is 10.1 Å². The van der Waals surface area contributed by atoms with Crippen molar-refractivity contribution < 1.29 is 9.53 Å². The number of ether oxygens (including phenoxy) is 1. The van der Waals surface area contributed by atoms with Crippen molar-refractivity contribution in [2.45, 2.75) is 6.10 Å². The van der Waals surface area contributed by atoms with Crippen molar-refractivity contribution in [1.29, 1.82) is 0 Å². The summed E-state index contributed by atoms with van der Waals surface area (Å²) in [5, 5.41) is 3.20. The average molecular weight is 127 g/mol. The molecular formula is C4H5N3O2. The van der Waals surface area contributed by atoms with Crippen LogP contribution in [-0.2, 0) is 9.53 Å². The van der Waals surface area contributed by atoms with Crippen LogP contribution < -0.4 is 5.84 Å². The van der Waals surface area contributed by atoms with Gasteiger partial charge in [0.15, 0.2) is 18.5 Å². The highest BCUT2D eigenvalue weighted by Crippen LogP contribution is 1.98. The van der Waals surface area contributed by atoms with E-state index in [1.165, 1.54) is 0 Å². The van der Waals surface area contributed by atoms with E-state index in [1.807, 2.05) is 0 Å². The quantitative estimate of drug-likeness (QED) is 0.275. The van der Waals surface area contributed by atoms with E-state index in [4.69, 9.17) is 5.84 Å². The molecule has 0 saturated heterocycles. The molecule has 1 rings (SSSR count). The summed E-state index contributed by atoms with van der Waals surface area (Å²) in [4.78, 5) is 13.6. The summed E-state index contributed by atoms with van der Waals surface area (Å²) in [5.74, 6) is 5.05. The number of nitrogens with zero attached hydrogens (tertiary/aromatic N) is 2. The van der Waals surface area contributed by atoms with E-state index in [0.717, 1.165) is 6.40 Å². The molecule has 48 valence electrons. The SMILES string of the molecule is NN=C1N=COC1C=O. The predicted molar refractivity (Wildman–Crippen MR) is 31.1 cm³/mol. The van der Waals surface area contributed by atoms with Gasteiger partial charge < -0.3 is 10.6 Å². The summed E-state index contributed by atoms with van der Waals surface area (Å²) in [6, 6.07) is 0. The van der Waals surface area contributed by atoms with E-state index >= 15 is 0 Å². The second kappa shape index (κ2) is 2.25. The minimum atomic E-state index is -0.699. The fourth-order valence-electron chi connectivity index (χ4n) is 0.484. The summed E-state index contributed by atoms with van der Waals surface area (Å²) in [5.41, 5.74) is 0. The fourth-order valence-corrected chi connectivity index (χ4v) is 0.484. The second-order valence-electron chi connectivity index (χ2n) is 1.41. The zero-order valence-corrected chi connectivity index (χ0v) is 4.52. The molecular weight excluding hydrogens is 122 g/mol. The molecule has 1 unspecified atom stereocenters. The molecule has 0 bridgehead atoms. The molecule has 1 heterocycles. The molecule has 0 aromatic carbocycles. The fraction of sp³-hybridized carbons (Fsp3) is 0.250. The number of amidine groups is 1. The molecule has 0 fully saturated rings. The molecule has 1 aliphatic rings. The Morgan fingerprint density at radius 1 is 2.00 bits per heavy atom. The van der Waals surface area contributed by atoms with Crippen LogP contribution in [0.5, 0.6) is 0 Å². The van der Waals surface area contributed by atoms with Crippen LogP contribution >= 0.6 is 0 Å². The molecule has 0 amide bonds. The molecule has 5 nitrogen and oxygen atoms in total. The lowest BCUT2D eigenvalue weighted by Gasteiger charge is -1.96. The van der Waals surface area contributed by atoms with Gasteiger partial charge in [-0.3, -0.25) is 4.79 Å². The number of hydrogen-bond acceptors (Lipinski definition) is 4. The van der Waals surface area contributed by atoms with Gasteiger partial charge in [0.2, 0.25) is 6.10 Å².